The molecule has 0 atom stereocenters. The van der Waals surface area contributed by atoms with Crippen molar-refractivity contribution in [3.63, 3.8) is 0 Å². The maximum absolute atomic E-state index is 13.1. The van der Waals surface area contributed by atoms with Crippen LogP contribution in [0.4, 0.5) is 0 Å². The van der Waals surface area contributed by atoms with Crippen molar-refractivity contribution in [3.05, 3.63) is 53.6 Å². The summed E-state index contributed by atoms with van der Waals surface area (Å²) < 4.78 is 0. The van der Waals surface area contributed by atoms with Crippen molar-refractivity contribution in [3.8, 4) is 11.3 Å². The van der Waals surface area contributed by atoms with Crippen LogP contribution in [0.3, 0.4) is 0 Å². The summed E-state index contributed by atoms with van der Waals surface area (Å²) in [5.41, 5.74) is 4.11. The largest absolute Gasteiger partial charge is 0.339 e. The monoisotopic (exact) mass is 362 g/mol. The van der Waals surface area contributed by atoms with Gasteiger partial charge in [-0.15, -0.1) is 0 Å². The smallest absolute Gasteiger partial charge is 0.254 e. The van der Waals surface area contributed by atoms with E-state index in [2.05, 4.69) is 23.8 Å². The van der Waals surface area contributed by atoms with E-state index in [9.17, 15) is 4.79 Å². The topological polar surface area (TPSA) is 59.0 Å². The molecule has 2 aromatic heterocycles. The van der Waals surface area contributed by atoms with Crippen LogP contribution in [0.15, 0.2) is 36.7 Å². The van der Waals surface area contributed by atoms with Gasteiger partial charge in [0.2, 0.25) is 0 Å². The molecule has 0 bridgehead atoms. The Bertz CT molecular complexity index is 960. The molecule has 2 heterocycles. The molecule has 0 fully saturated rings. The Morgan fingerprint density at radius 2 is 1.78 bits per heavy atom. The maximum Gasteiger partial charge on any atom is 0.254 e. The van der Waals surface area contributed by atoms with Crippen LogP contribution in [0.2, 0.25) is 0 Å². The number of carbonyl (C=O) groups is 1. The Balaban J connectivity index is 2.20. The zero-order chi connectivity index (χ0) is 19.6. The fourth-order valence-corrected chi connectivity index (χ4v) is 3.17. The van der Waals surface area contributed by atoms with Gasteiger partial charge < -0.3 is 4.90 Å². The van der Waals surface area contributed by atoms with E-state index >= 15 is 0 Å². The molecular formula is C22H26N4O. The van der Waals surface area contributed by atoms with Gasteiger partial charge in [0.1, 0.15) is 5.82 Å². The number of hydrogen-bond acceptors (Lipinski definition) is 4. The van der Waals surface area contributed by atoms with Crippen molar-refractivity contribution in [2.24, 2.45) is 0 Å². The number of benzene rings is 1. The highest BCUT2D eigenvalue weighted by Crippen LogP contribution is 2.27. The molecule has 0 aliphatic heterocycles. The lowest BCUT2D eigenvalue weighted by atomic mass is 10.0. The number of fused-ring (bicyclic) bond motifs is 1. The molecule has 0 aliphatic rings. The first-order valence-corrected chi connectivity index (χ1v) is 9.48. The summed E-state index contributed by atoms with van der Waals surface area (Å²) in [6.45, 7) is 11.5. The number of rotatable bonds is 5. The van der Waals surface area contributed by atoms with Gasteiger partial charge in [-0.3, -0.25) is 4.79 Å². The van der Waals surface area contributed by atoms with Crippen LogP contribution in [0.25, 0.3) is 22.2 Å². The van der Waals surface area contributed by atoms with Crippen molar-refractivity contribution < 1.29 is 4.79 Å². The van der Waals surface area contributed by atoms with Crippen LogP contribution >= 0.6 is 0 Å². The Morgan fingerprint density at radius 1 is 1.11 bits per heavy atom. The molecule has 0 saturated heterocycles. The maximum atomic E-state index is 13.1. The summed E-state index contributed by atoms with van der Waals surface area (Å²) in [6.07, 6.45) is 3.58. The lowest BCUT2D eigenvalue weighted by Crippen LogP contribution is -2.30. The summed E-state index contributed by atoms with van der Waals surface area (Å²) in [7, 11) is 0. The number of hydrogen-bond donors (Lipinski definition) is 0. The molecule has 1 aromatic carbocycles. The molecule has 27 heavy (non-hydrogen) atoms. The van der Waals surface area contributed by atoms with Crippen LogP contribution in [0.5, 0.6) is 0 Å². The normalized spacial score (nSPS) is 11.2. The predicted octanol–water partition coefficient (Wildman–Crippen LogP) is 4.61. The van der Waals surface area contributed by atoms with Crippen molar-refractivity contribution >= 4 is 16.8 Å². The van der Waals surface area contributed by atoms with E-state index in [1.165, 1.54) is 0 Å². The first-order chi connectivity index (χ1) is 13.0. The van der Waals surface area contributed by atoms with Gasteiger partial charge in [0, 0.05) is 42.4 Å². The van der Waals surface area contributed by atoms with Gasteiger partial charge in [-0.05, 0) is 32.4 Å². The molecule has 140 valence electrons. The van der Waals surface area contributed by atoms with E-state index in [-0.39, 0.29) is 11.8 Å². The average molecular weight is 362 g/mol. The highest BCUT2D eigenvalue weighted by Gasteiger charge is 2.19. The first-order valence-electron chi connectivity index (χ1n) is 9.48. The van der Waals surface area contributed by atoms with Crippen molar-refractivity contribution in [2.75, 3.05) is 13.1 Å². The highest BCUT2D eigenvalue weighted by atomic mass is 16.2. The minimum atomic E-state index is 0.0268. The van der Waals surface area contributed by atoms with E-state index in [0.29, 0.717) is 18.7 Å². The number of para-hydroxylation sites is 1. The van der Waals surface area contributed by atoms with Crippen LogP contribution in [0.1, 0.15) is 55.4 Å². The Kier molecular flexibility index (Phi) is 5.49. The third kappa shape index (κ3) is 3.68. The molecule has 0 spiro atoms. The Labute approximate surface area is 160 Å². The fourth-order valence-electron chi connectivity index (χ4n) is 3.17. The highest BCUT2D eigenvalue weighted by molar-refractivity contribution is 6.07. The van der Waals surface area contributed by atoms with E-state index < -0.39 is 0 Å². The predicted molar refractivity (Wildman–Crippen MR) is 109 cm³/mol. The minimum absolute atomic E-state index is 0.0268. The zero-order valence-electron chi connectivity index (χ0n) is 16.7. The van der Waals surface area contributed by atoms with Crippen LogP contribution in [0, 0.1) is 6.92 Å². The summed E-state index contributed by atoms with van der Waals surface area (Å²) >= 11 is 0. The second-order valence-corrected chi connectivity index (χ2v) is 6.99. The van der Waals surface area contributed by atoms with Crippen LogP contribution < -0.4 is 0 Å². The second-order valence-electron chi connectivity index (χ2n) is 6.99. The van der Waals surface area contributed by atoms with E-state index in [4.69, 9.17) is 4.98 Å². The summed E-state index contributed by atoms with van der Waals surface area (Å²) in [4.78, 5) is 28.7. The van der Waals surface area contributed by atoms with Gasteiger partial charge >= 0.3 is 0 Å². The van der Waals surface area contributed by atoms with Crippen LogP contribution in [-0.2, 0) is 0 Å². The quantitative estimate of drug-likeness (QED) is 0.665. The Hall–Kier alpha value is -2.82. The lowest BCUT2D eigenvalue weighted by Gasteiger charge is -2.20. The van der Waals surface area contributed by atoms with Gasteiger partial charge in [0.15, 0.2) is 0 Å². The molecule has 0 saturated carbocycles. The molecule has 0 unspecified atom stereocenters. The van der Waals surface area contributed by atoms with Gasteiger partial charge in [0.05, 0.1) is 16.8 Å². The van der Waals surface area contributed by atoms with Gasteiger partial charge in [0.25, 0.3) is 5.91 Å². The molecule has 3 rings (SSSR count). The molecular weight excluding hydrogens is 336 g/mol. The number of aromatic nitrogens is 3. The number of nitrogens with zero attached hydrogens (tertiary/aromatic N) is 4. The Morgan fingerprint density at radius 3 is 2.37 bits per heavy atom. The summed E-state index contributed by atoms with van der Waals surface area (Å²) in [5.74, 6) is 1.10. The standard InChI is InChI=1S/C22H26N4O/c1-6-26(7-2)22(27)18-11-19(16-12-23-21(14(3)4)24-13-16)25-20-15(5)9-8-10-17(18)20/h8-14H,6-7H2,1-5H3. The van der Waals surface area contributed by atoms with E-state index in [1.54, 1.807) is 12.4 Å². The average Bonchev–Trinajstić information content (AvgIpc) is 2.68. The summed E-state index contributed by atoms with van der Waals surface area (Å²) in [6, 6.07) is 7.83. The van der Waals surface area contributed by atoms with Gasteiger partial charge in [-0.25, -0.2) is 15.0 Å². The van der Waals surface area contributed by atoms with Gasteiger partial charge in [-0.1, -0.05) is 32.0 Å². The molecule has 0 N–H and O–H groups in total. The lowest BCUT2D eigenvalue weighted by molar-refractivity contribution is 0.0775. The molecule has 3 aromatic rings. The molecule has 0 radical (unpaired) electrons. The van der Waals surface area contributed by atoms with E-state index in [0.717, 1.165) is 33.5 Å². The minimum Gasteiger partial charge on any atom is -0.339 e. The summed E-state index contributed by atoms with van der Waals surface area (Å²) in [5, 5.41) is 0.885. The number of amides is 1. The fraction of sp³-hybridized carbons (Fsp3) is 0.364. The number of carbonyl (C=O) groups excluding carboxylic acids is 1. The third-order valence-electron chi connectivity index (χ3n) is 4.81. The second kappa shape index (κ2) is 7.82. The molecule has 0 aliphatic carbocycles. The van der Waals surface area contributed by atoms with Crippen molar-refractivity contribution in [1.29, 1.82) is 0 Å². The third-order valence-corrected chi connectivity index (χ3v) is 4.81. The SMILES string of the molecule is CCN(CC)C(=O)c1cc(-c2cnc(C(C)C)nc2)nc2c(C)cccc12. The van der Waals surface area contributed by atoms with Crippen molar-refractivity contribution in [2.45, 2.75) is 40.5 Å². The molecule has 1 amide bonds. The molecule has 5 heteroatoms. The van der Waals surface area contributed by atoms with Gasteiger partial charge in [-0.2, -0.15) is 0 Å². The van der Waals surface area contributed by atoms with Crippen LogP contribution in [-0.4, -0.2) is 38.8 Å². The first kappa shape index (κ1) is 19.0. The zero-order valence-corrected chi connectivity index (χ0v) is 16.7. The number of pyridine rings is 1. The number of aryl methyl sites for hydroxylation is 1. The van der Waals surface area contributed by atoms with Crippen molar-refractivity contribution in [1.82, 2.24) is 19.9 Å². The molecule has 5 nitrogen and oxygen atoms in total. The van der Waals surface area contributed by atoms with E-state index in [1.807, 2.05) is 49.9 Å².